The second-order valence-corrected chi connectivity index (χ2v) is 6.95. The van der Waals surface area contributed by atoms with Crippen LogP contribution in [0.1, 0.15) is 42.3 Å². The monoisotopic (exact) mass is 347 g/mol. The van der Waals surface area contributed by atoms with Gasteiger partial charge in [-0.15, -0.1) is 0 Å². The molecule has 126 valence electrons. The van der Waals surface area contributed by atoms with E-state index >= 15 is 0 Å². The van der Waals surface area contributed by atoms with Crippen molar-refractivity contribution < 1.29 is 14.5 Å². The average Bonchev–Trinajstić information content (AvgIpc) is 2.48. The van der Waals surface area contributed by atoms with Gasteiger partial charge in [-0.2, -0.15) is 0 Å². The van der Waals surface area contributed by atoms with Crippen molar-refractivity contribution in [3.8, 4) is 5.75 Å². The number of nitrogens with zero attached hydrogens (tertiary/aromatic N) is 1. The van der Waals surface area contributed by atoms with E-state index in [2.05, 4.69) is 20.8 Å². The molecule has 2 aromatic carbocycles. The molecule has 2 aromatic rings. The second kappa shape index (κ2) is 6.61. The highest BCUT2D eigenvalue weighted by atomic mass is 35.5. The van der Waals surface area contributed by atoms with Gasteiger partial charge in [0.2, 0.25) is 0 Å². The molecule has 2 rings (SSSR count). The molecule has 0 fully saturated rings. The molecule has 0 aliphatic carbocycles. The van der Waals surface area contributed by atoms with Crippen LogP contribution < -0.4 is 4.74 Å². The summed E-state index contributed by atoms with van der Waals surface area (Å²) in [5.41, 5.74) is 1.65. The van der Waals surface area contributed by atoms with E-state index in [0.717, 1.165) is 17.2 Å². The van der Waals surface area contributed by atoms with Crippen molar-refractivity contribution in [1.82, 2.24) is 0 Å². The highest BCUT2D eigenvalue weighted by Gasteiger charge is 2.20. The first-order chi connectivity index (χ1) is 11.1. The van der Waals surface area contributed by atoms with E-state index in [1.165, 1.54) is 12.1 Å². The molecule has 5 nitrogen and oxygen atoms in total. The van der Waals surface area contributed by atoms with Gasteiger partial charge >= 0.3 is 5.97 Å². The molecule has 0 saturated carbocycles. The topological polar surface area (TPSA) is 69.4 Å². The Balaban J connectivity index is 2.30. The number of nitro benzene ring substituents is 1. The summed E-state index contributed by atoms with van der Waals surface area (Å²) in [6.45, 7) is 8.12. The molecule has 0 spiro atoms. The normalized spacial score (nSPS) is 11.2. The molecule has 0 bridgehead atoms. The van der Waals surface area contributed by atoms with Crippen LogP contribution in [0.4, 0.5) is 5.69 Å². The fourth-order valence-corrected chi connectivity index (χ4v) is 2.36. The number of carbonyl (C=O) groups is 1. The van der Waals surface area contributed by atoms with Crippen LogP contribution in [0.15, 0.2) is 36.4 Å². The molecule has 0 unspecified atom stereocenters. The molecule has 0 aliphatic rings. The summed E-state index contributed by atoms with van der Waals surface area (Å²) in [6.07, 6.45) is 0. The quantitative estimate of drug-likeness (QED) is 0.336. The van der Waals surface area contributed by atoms with Gasteiger partial charge in [-0.1, -0.05) is 44.5 Å². The smallest absolute Gasteiger partial charge is 0.345 e. The second-order valence-electron chi connectivity index (χ2n) is 6.54. The van der Waals surface area contributed by atoms with Crippen molar-refractivity contribution >= 4 is 23.3 Å². The number of halogens is 1. The lowest BCUT2D eigenvalue weighted by Gasteiger charge is -2.20. The summed E-state index contributed by atoms with van der Waals surface area (Å²) < 4.78 is 5.37. The van der Waals surface area contributed by atoms with E-state index in [1.54, 1.807) is 6.07 Å². The minimum absolute atomic E-state index is 0.0172. The highest BCUT2D eigenvalue weighted by Crippen LogP contribution is 2.29. The number of aryl methyl sites for hydroxylation is 1. The third-order valence-electron chi connectivity index (χ3n) is 3.62. The SMILES string of the molecule is Cc1cc(C(C)(C)C)ccc1OC(=O)c1cc([N+](=O)[O-])ccc1Cl. The van der Waals surface area contributed by atoms with Gasteiger partial charge < -0.3 is 4.74 Å². The molecule has 6 heteroatoms. The van der Waals surface area contributed by atoms with Crippen LogP contribution in [0.3, 0.4) is 0 Å². The average molecular weight is 348 g/mol. The van der Waals surface area contributed by atoms with Gasteiger partial charge in [-0.05, 0) is 35.6 Å². The molecule has 0 saturated heterocycles. The number of esters is 1. The predicted molar refractivity (Wildman–Crippen MR) is 92.9 cm³/mol. The van der Waals surface area contributed by atoms with Crippen molar-refractivity contribution in [2.45, 2.75) is 33.1 Å². The maximum absolute atomic E-state index is 12.3. The zero-order valence-electron chi connectivity index (χ0n) is 13.9. The fraction of sp³-hybridized carbons (Fsp3) is 0.278. The summed E-state index contributed by atoms with van der Waals surface area (Å²) in [6, 6.07) is 9.24. The summed E-state index contributed by atoms with van der Waals surface area (Å²) in [4.78, 5) is 22.6. The number of carbonyl (C=O) groups excluding carboxylic acids is 1. The van der Waals surface area contributed by atoms with E-state index in [9.17, 15) is 14.9 Å². The lowest BCUT2D eigenvalue weighted by Crippen LogP contribution is -2.13. The largest absolute Gasteiger partial charge is 0.423 e. The van der Waals surface area contributed by atoms with Crippen molar-refractivity contribution in [1.29, 1.82) is 0 Å². The number of ether oxygens (including phenoxy) is 1. The molecule has 0 amide bonds. The summed E-state index contributed by atoms with van der Waals surface area (Å²) >= 11 is 5.96. The molecule has 0 heterocycles. The molecular weight excluding hydrogens is 330 g/mol. The van der Waals surface area contributed by atoms with E-state index in [1.807, 2.05) is 19.1 Å². The number of rotatable bonds is 3. The molecular formula is C18H18ClNO4. The minimum atomic E-state index is -0.727. The van der Waals surface area contributed by atoms with Crippen LogP contribution in [0, 0.1) is 17.0 Å². The summed E-state index contributed by atoms with van der Waals surface area (Å²) in [5.74, 6) is -0.328. The number of hydrogen-bond acceptors (Lipinski definition) is 4. The number of hydrogen-bond donors (Lipinski definition) is 0. The predicted octanol–water partition coefficient (Wildman–Crippen LogP) is 5.07. The van der Waals surface area contributed by atoms with Crippen LogP contribution in [0.2, 0.25) is 5.02 Å². The number of nitro groups is 1. The van der Waals surface area contributed by atoms with Crippen molar-refractivity contribution in [2.24, 2.45) is 0 Å². The summed E-state index contributed by atoms with van der Waals surface area (Å²) in [5, 5.41) is 10.9. The van der Waals surface area contributed by atoms with Crippen LogP contribution in [0.25, 0.3) is 0 Å². The third kappa shape index (κ3) is 3.92. The van der Waals surface area contributed by atoms with Gasteiger partial charge in [0.25, 0.3) is 5.69 Å². The first kappa shape index (κ1) is 17.9. The van der Waals surface area contributed by atoms with Crippen molar-refractivity contribution in [3.63, 3.8) is 0 Å². The molecule has 0 atom stereocenters. The lowest BCUT2D eigenvalue weighted by molar-refractivity contribution is -0.384. The highest BCUT2D eigenvalue weighted by molar-refractivity contribution is 6.33. The first-order valence-corrected chi connectivity index (χ1v) is 7.74. The van der Waals surface area contributed by atoms with Gasteiger partial charge in [0, 0.05) is 12.1 Å². The zero-order valence-corrected chi connectivity index (χ0v) is 14.7. The molecule has 0 aliphatic heterocycles. The van der Waals surface area contributed by atoms with E-state index in [-0.39, 0.29) is 21.7 Å². The number of non-ortho nitro benzene ring substituents is 1. The Labute approximate surface area is 145 Å². The standard InChI is InChI=1S/C18H18ClNO4/c1-11-9-12(18(2,3)4)5-8-16(11)24-17(21)14-10-13(20(22)23)6-7-15(14)19/h5-10H,1-4H3. The molecule has 0 aromatic heterocycles. The van der Waals surface area contributed by atoms with Crippen LogP contribution in [-0.2, 0) is 5.41 Å². The van der Waals surface area contributed by atoms with Gasteiger partial charge in [-0.3, -0.25) is 10.1 Å². The first-order valence-electron chi connectivity index (χ1n) is 7.37. The minimum Gasteiger partial charge on any atom is -0.423 e. The molecule has 0 N–H and O–H groups in total. The van der Waals surface area contributed by atoms with Crippen LogP contribution in [-0.4, -0.2) is 10.9 Å². The maximum atomic E-state index is 12.3. The Hall–Kier alpha value is -2.40. The third-order valence-corrected chi connectivity index (χ3v) is 3.95. The Morgan fingerprint density at radius 1 is 1.17 bits per heavy atom. The van der Waals surface area contributed by atoms with Gasteiger partial charge in [0.15, 0.2) is 0 Å². The van der Waals surface area contributed by atoms with Gasteiger partial charge in [0.05, 0.1) is 15.5 Å². The van der Waals surface area contributed by atoms with Gasteiger partial charge in [0.1, 0.15) is 5.75 Å². The van der Waals surface area contributed by atoms with Crippen molar-refractivity contribution in [2.75, 3.05) is 0 Å². The summed E-state index contributed by atoms with van der Waals surface area (Å²) in [7, 11) is 0. The molecule has 24 heavy (non-hydrogen) atoms. The Morgan fingerprint density at radius 3 is 2.38 bits per heavy atom. The van der Waals surface area contributed by atoms with E-state index in [4.69, 9.17) is 16.3 Å². The Kier molecular flexibility index (Phi) is 4.94. The van der Waals surface area contributed by atoms with E-state index < -0.39 is 10.9 Å². The van der Waals surface area contributed by atoms with Crippen LogP contribution in [0.5, 0.6) is 5.75 Å². The fourth-order valence-electron chi connectivity index (χ4n) is 2.17. The maximum Gasteiger partial charge on any atom is 0.345 e. The molecule has 0 radical (unpaired) electrons. The van der Waals surface area contributed by atoms with Crippen molar-refractivity contribution in [3.05, 3.63) is 68.2 Å². The van der Waals surface area contributed by atoms with Crippen LogP contribution >= 0.6 is 11.6 Å². The zero-order chi connectivity index (χ0) is 18.1. The van der Waals surface area contributed by atoms with E-state index in [0.29, 0.717) is 5.75 Å². The Morgan fingerprint density at radius 2 is 1.83 bits per heavy atom. The lowest BCUT2D eigenvalue weighted by atomic mass is 9.86. The van der Waals surface area contributed by atoms with Gasteiger partial charge in [-0.25, -0.2) is 4.79 Å². The number of benzene rings is 2. The Bertz CT molecular complexity index is 809.